The maximum atomic E-state index is 12.6. The van der Waals surface area contributed by atoms with Crippen LogP contribution in [-0.4, -0.2) is 13.0 Å². The van der Waals surface area contributed by atoms with E-state index in [-0.39, 0.29) is 4.90 Å². The van der Waals surface area contributed by atoms with Crippen LogP contribution in [-0.2, 0) is 15.5 Å². The molecule has 0 atom stereocenters. The molecule has 5 nitrogen and oxygen atoms in total. The molecule has 6 heteroatoms. The molecule has 5 aromatic carbocycles. The molecule has 0 fully saturated rings. The Morgan fingerprint density at radius 1 is 0.591 bits per heavy atom. The number of hydrogen-bond acceptors (Lipinski definition) is 4. The Morgan fingerprint density at radius 3 is 1.45 bits per heavy atom. The molecule has 0 heterocycles. The van der Waals surface area contributed by atoms with Crippen LogP contribution in [0, 0.1) is 27.7 Å². The van der Waals surface area contributed by atoms with Crippen molar-refractivity contribution >= 4 is 32.9 Å². The van der Waals surface area contributed by atoms with E-state index in [1.165, 1.54) is 6.07 Å². The molecule has 0 aromatic heterocycles. The van der Waals surface area contributed by atoms with Gasteiger partial charge < -0.3 is 10.6 Å². The Bertz CT molecular complexity index is 1880. The monoisotopic (exact) mass is 602 g/mol. The Balaban J connectivity index is 1.56. The van der Waals surface area contributed by atoms with Gasteiger partial charge in [0.25, 0.3) is 10.1 Å². The molecule has 0 radical (unpaired) electrons. The van der Waals surface area contributed by atoms with Gasteiger partial charge in [-0.05, 0) is 108 Å². The highest BCUT2D eigenvalue weighted by molar-refractivity contribution is 7.85. The molecule has 224 valence electrons. The van der Waals surface area contributed by atoms with Gasteiger partial charge in [-0.3, -0.25) is 4.55 Å². The Labute approximate surface area is 260 Å². The number of rotatable bonds is 6. The summed E-state index contributed by atoms with van der Waals surface area (Å²) in [6.07, 6.45) is 0. The fourth-order valence-corrected chi connectivity index (χ4v) is 7.50. The fourth-order valence-electron chi connectivity index (χ4n) is 6.77. The van der Waals surface area contributed by atoms with Gasteiger partial charge in [-0.25, -0.2) is 0 Å². The summed E-state index contributed by atoms with van der Waals surface area (Å²) in [5.74, 6) is -0.394. The van der Waals surface area contributed by atoms with Crippen LogP contribution in [0.15, 0.2) is 102 Å². The van der Waals surface area contributed by atoms with E-state index >= 15 is 0 Å². The van der Waals surface area contributed by atoms with Crippen LogP contribution in [0.1, 0.15) is 69.8 Å². The summed E-state index contributed by atoms with van der Waals surface area (Å²) in [4.78, 5) is -0.0721. The minimum absolute atomic E-state index is 0.0721. The van der Waals surface area contributed by atoms with Gasteiger partial charge in [-0.2, -0.15) is 8.42 Å². The molecule has 5 aromatic rings. The minimum Gasteiger partial charge on any atom is -0.355 e. The highest BCUT2D eigenvalue weighted by Crippen LogP contribution is 2.51. The summed E-state index contributed by atoms with van der Waals surface area (Å²) in [5, 5.41) is 7.30. The maximum absolute atomic E-state index is 12.6. The first-order chi connectivity index (χ1) is 20.9. The molecule has 0 bridgehead atoms. The van der Waals surface area contributed by atoms with Crippen molar-refractivity contribution in [3.63, 3.8) is 0 Å². The van der Waals surface area contributed by atoms with Gasteiger partial charge in [0.2, 0.25) is 0 Å². The third-order valence-corrected chi connectivity index (χ3v) is 10.0. The van der Waals surface area contributed by atoms with Crippen molar-refractivity contribution in [1.82, 2.24) is 0 Å². The van der Waals surface area contributed by atoms with Crippen LogP contribution in [0.4, 0.5) is 22.7 Å². The van der Waals surface area contributed by atoms with Crippen LogP contribution in [0.5, 0.6) is 0 Å². The predicted octanol–water partition coefficient (Wildman–Crippen LogP) is 9.47. The molecular weight excluding hydrogens is 564 g/mol. The summed E-state index contributed by atoms with van der Waals surface area (Å²) in [6.45, 7) is 12.8. The topological polar surface area (TPSA) is 78.4 Å². The molecule has 1 aliphatic rings. The van der Waals surface area contributed by atoms with Gasteiger partial charge in [0.15, 0.2) is 0 Å². The van der Waals surface area contributed by atoms with Crippen molar-refractivity contribution in [2.75, 3.05) is 10.6 Å². The number of benzene rings is 5. The summed E-state index contributed by atoms with van der Waals surface area (Å²) in [5.41, 5.74) is 13.1. The number of para-hydroxylation sites is 2. The average molecular weight is 603 g/mol. The lowest BCUT2D eigenvalue weighted by Crippen LogP contribution is -2.30. The number of nitrogens with one attached hydrogen (secondary N) is 2. The molecule has 6 rings (SSSR count). The van der Waals surface area contributed by atoms with Crippen molar-refractivity contribution < 1.29 is 13.0 Å². The fraction of sp³-hybridized carbons (Fsp3) is 0.211. The Morgan fingerprint density at radius 2 is 1.02 bits per heavy atom. The number of fused-ring (bicyclic) bond motifs is 2. The van der Waals surface area contributed by atoms with Gasteiger partial charge >= 0.3 is 0 Å². The van der Waals surface area contributed by atoms with E-state index in [0.29, 0.717) is 5.56 Å². The zero-order chi connectivity index (χ0) is 31.4. The molecule has 44 heavy (non-hydrogen) atoms. The molecular formula is C38H38N2O3S. The summed E-state index contributed by atoms with van der Waals surface area (Å²) < 4.78 is 35.5. The van der Waals surface area contributed by atoms with E-state index in [1.54, 1.807) is 6.07 Å². The first kappa shape index (κ1) is 29.7. The van der Waals surface area contributed by atoms with Gasteiger partial charge in [0.05, 0.1) is 4.90 Å². The molecule has 0 aliphatic heterocycles. The first-order valence-corrected chi connectivity index (χ1v) is 16.3. The predicted molar refractivity (Wildman–Crippen MR) is 181 cm³/mol. The number of anilines is 4. The highest BCUT2D eigenvalue weighted by Gasteiger charge is 2.40. The van der Waals surface area contributed by atoms with E-state index in [2.05, 4.69) is 125 Å². The maximum Gasteiger partial charge on any atom is 0.294 e. The molecule has 0 spiro atoms. The lowest BCUT2D eigenvalue weighted by Gasteiger charge is -2.40. The van der Waals surface area contributed by atoms with E-state index in [0.717, 1.165) is 67.3 Å². The number of hydrogen-bond donors (Lipinski definition) is 3. The zero-order valence-corrected chi connectivity index (χ0v) is 26.8. The van der Waals surface area contributed by atoms with Crippen LogP contribution in [0.2, 0.25) is 0 Å². The summed E-state index contributed by atoms with van der Waals surface area (Å²) in [7, 11) is -4.46. The van der Waals surface area contributed by atoms with Crippen molar-refractivity contribution in [3.05, 3.63) is 147 Å². The van der Waals surface area contributed by atoms with Crippen molar-refractivity contribution in [1.29, 1.82) is 0 Å². The third kappa shape index (κ3) is 5.18. The Hall–Kier alpha value is -4.39. The van der Waals surface area contributed by atoms with Gasteiger partial charge in [-0.1, -0.05) is 80.6 Å². The average Bonchev–Trinajstić information content (AvgIpc) is 2.97. The van der Waals surface area contributed by atoms with Crippen LogP contribution < -0.4 is 10.6 Å². The summed E-state index contributed by atoms with van der Waals surface area (Å²) >= 11 is 0. The van der Waals surface area contributed by atoms with Crippen LogP contribution >= 0.6 is 0 Å². The van der Waals surface area contributed by atoms with E-state index in [4.69, 9.17) is 0 Å². The molecule has 0 amide bonds. The lowest BCUT2D eigenvalue weighted by atomic mass is 9.63. The normalized spacial score (nSPS) is 14.1. The molecule has 0 unspecified atom stereocenters. The first-order valence-electron chi connectivity index (χ1n) is 14.9. The van der Waals surface area contributed by atoms with Gasteiger partial charge in [0, 0.05) is 34.1 Å². The Kier molecular flexibility index (Phi) is 7.39. The quantitative estimate of drug-likeness (QED) is 0.169. The van der Waals surface area contributed by atoms with Crippen molar-refractivity contribution in [2.24, 2.45) is 0 Å². The molecule has 1 aliphatic carbocycles. The second-order valence-electron chi connectivity index (χ2n) is 12.5. The van der Waals surface area contributed by atoms with E-state index < -0.39 is 21.5 Å². The standard InChI is InChI=1S/C38H38N2O3S/c1-23-11-9-12-24(2)36(23)39-27-17-19-29-32(21-27)38(5,6)33-22-28(40-37-25(3)13-10-14-26(37)4)18-20-30(33)35(29)31-15-7-8-16-34(31)44(41,42)43/h7-22,35,39-40H,1-6H3,(H,41,42,43). The van der Waals surface area contributed by atoms with Gasteiger partial charge in [0.1, 0.15) is 0 Å². The second kappa shape index (κ2) is 11.0. The minimum atomic E-state index is -4.46. The summed E-state index contributed by atoms with van der Waals surface area (Å²) in [6, 6.07) is 32.0. The smallest absolute Gasteiger partial charge is 0.294 e. The lowest BCUT2D eigenvalue weighted by molar-refractivity contribution is 0.481. The molecule has 0 saturated carbocycles. The van der Waals surface area contributed by atoms with Crippen LogP contribution in [0.3, 0.4) is 0 Å². The zero-order valence-electron chi connectivity index (χ0n) is 26.0. The van der Waals surface area contributed by atoms with E-state index in [9.17, 15) is 13.0 Å². The number of aryl methyl sites for hydroxylation is 4. The largest absolute Gasteiger partial charge is 0.355 e. The SMILES string of the molecule is Cc1cccc(C)c1Nc1ccc2c(c1)C(C)(C)c1cc(Nc3c(C)cccc3C)ccc1C2c1ccccc1S(=O)(=O)O. The highest BCUT2D eigenvalue weighted by atomic mass is 32.2. The molecule has 0 saturated heterocycles. The third-order valence-electron chi connectivity index (χ3n) is 9.08. The van der Waals surface area contributed by atoms with Crippen LogP contribution in [0.25, 0.3) is 0 Å². The molecule has 3 N–H and O–H groups in total. The van der Waals surface area contributed by atoms with E-state index in [1.807, 2.05) is 12.1 Å². The second-order valence-corrected chi connectivity index (χ2v) is 13.8. The van der Waals surface area contributed by atoms with Crippen molar-refractivity contribution in [2.45, 2.75) is 57.8 Å². The van der Waals surface area contributed by atoms with Crippen molar-refractivity contribution in [3.8, 4) is 0 Å². The van der Waals surface area contributed by atoms with Gasteiger partial charge in [-0.15, -0.1) is 0 Å².